The number of hydrogen-bond donors (Lipinski definition) is 0. The standard InChI is InChI=1S/C12H12Br2O2/c1-3-5-15-11-7-9(13)10(14)8-12(11)16-6-4-2/h3-4,7-8H,1-2,5-6H2. The molecule has 0 spiro atoms. The van der Waals surface area contributed by atoms with Crippen molar-refractivity contribution in [3.05, 3.63) is 46.4 Å². The molecule has 0 aliphatic heterocycles. The maximum Gasteiger partial charge on any atom is 0.162 e. The van der Waals surface area contributed by atoms with Crippen molar-refractivity contribution in [3.63, 3.8) is 0 Å². The molecule has 0 aliphatic carbocycles. The van der Waals surface area contributed by atoms with E-state index in [2.05, 4.69) is 45.0 Å². The molecule has 0 N–H and O–H groups in total. The van der Waals surface area contributed by atoms with Gasteiger partial charge in [-0.15, -0.1) is 0 Å². The number of hydrogen-bond acceptors (Lipinski definition) is 2. The molecule has 0 atom stereocenters. The Kier molecular flexibility index (Phi) is 5.63. The van der Waals surface area contributed by atoms with Gasteiger partial charge in [0.05, 0.1) is 0 Å². The smallest absolute Gasteiger partial charge is 0.162 e. The van der Waals surface area contributed by atoms with Crippen LogP contribution in [-0.4, -0.2) is 13.2 Å². The summed E-state index contributed by atoms with van der Waals surface area (Å²) in [5.41, 5.74) is 0. The molecule has 0 aromatic heterocycles. The zero-order valence-electron chi connectivity index (χ0n) is 8.71. The zero-order valence-corrected chi connectivity index (χ0v) is 11.9. The molecule has 1 aromatic carbocycles. The first kappa shape index (κ1) is 13.3. The largest absolute Gasteiger partial charge is 0.486 e. The fraction of sp³-hybridized carbons (Fsp3) is 0.167. The highest BCUT2D eigenvalue weighted by Gasteiger charge is 2.08. The Morgan fingerprint density at radius 2 is 1.31 bits per heavy atom. The van der Waals surface area contributed by atoms with Crippen molar-refractivity contribution in [3.8, 4) is 11.5 Å². The van der Waals surface area contributed by atoms with Crippen molar-refractivity contribution in [2.75, 3.05) is 13.2 Å². The van der Waals surface area contributed by atoms with Crippen LogP contribution in [0.3, 0.4) is 0 Å². The van der Waals surface area contributed by atoms with Gasteiger partial charge in [-0.3, -0.25) is 0 Å². The molecule has 0 radical (unpaired) electrons. The van der Waals surface area contributed by atoms with Crippen LogP contribution >= 0.6 is 31.9 Å². The van der Waals surface area contributed by atoms with E-state index in [0.29, 0.717) is 24.7 Å². The SMILES string of the molecule is C=CCOc1cc(Br)c(Br)cc1OCC=C. The summed E-state index contributed by atoms with van der Waals surface area (Å²) in [6, 6.07) is 3.71. The van der Waals surface area contributed by atoms with Crippen molar-refractivity contribution < 1.29 is 9.47 Å². The second kappa shape index (κ2) is 6.76. The Labute approximate surface area is 112 Å². The zero-order chi connectivity index (χ0) is 12.0. The van der Waals surface area contributed by atoms with Gasteiger partial charge in [-0.05, 0) is 44.0 Å². The second-order valence-corrected chi connectivity index (χ2v) is 4.62. The van der Waals surface area contributed by atoms with E-state index < -0.39 is 0 Å². The van der Waals surface area contributed by atoms with E-state index in [9.17, 15) is 0 Å². The fourth-order valence-corrected chi connectivity index (χ4v) is 1.68. The van der Waals surface area contributed by atoms with Crippen LogP contribution in [0, 0.1) is 0 Å². The first-order chi connectivity index (χ1) is 7.69. The van der Waals surface area contributed by atoms with Gasteiger partial charge in [-0.2, -0.15) is 0 Å². The lowest BCUT2D eigenvalue weighted by atomic mass is 10.3. The molecule has 1 rings (SSSR count). The number of rotatable bonds is 6. The molecule has 0 bridgehead atoms. The molecule has 2 nitrogen and oxygen atoms in total. The van der Waals surface area contributed by atoms with E-state index >= 15 is 0 Å². The van der Waals surface area contributed by atoms with Gasteiger partial charge in [0.25, 0.3) is 0 Å². The minimum Gasteiger partial charge on any atom is -0.486 e. The highest BCUT2D eigenvalue weighted by molar-refractivity contribution is 9.13. The topological polar surface area (TPSA) is 18.5 Å². The number of benzene rings is 1. The van der Waals surface area contributed by atoms with Crippen molar-refractivity contribution >= 4 is 31.9 Å². The summed E-state index contributed by atoms with van der Waals surface area (Å²) < 4.78 is 12.8. The van der Waals surface area contributed by atoms with Gasteiger partial charge in [-0.25, -0.2) is 0 Å². The van der Waals surface area contributed by atoms with E-state index in [-0.39, 0.29) is 0 Å². The van der Waals surface area contributed by atoms with Crippen LogP contribution in [-0.2, 0) is 0 Å². The van der Waals surface area contributed by atoms with E-state index in [0.717, 1.165) is 8.95 Å². The van der Waals surface area contributed by atoms with Crippen molar-refractivity contribution in [2.45, 2.75) is 0 Å². The van der Waals surface area contributed by atoms with Crippen LogP contribution in [0.15, 0.2) is 46.4 Å². The van der Waals surface area contributed by atoms with Gasteiger partial charge >= 0.3 is 0 Å². The quantitative estimate of drug-likeness (QED) is 0.712. The predicted molar refractivity (Wildman–Crippen MR) is 73.2 cm³/mol. The highest BCUT2D eigenvalue weighted by atomic mass is 79.9. The van der Waals surface area contributed by atoms with Gasteiger partial charge in [0.15, 0.2) is 11.5 Å². The monoisotopic (exact) mass is 346 g/mol. The molecule has 0 heterocycles. The van der Waals surface area contributed by atoms with Crippen molar-refractivity contribution in [2.24, 2.45) is 0 Å². The average molecular weight is 348 g/mol. The summed E-state index contributed by atoms with van der Waals surface area (Å²) in [5.74, 6) is 1.36. The molecule has 0 aliphatic rings. The lowest BCUT2D eigenvalue weighted by molar-refractivity contribution is 0.308. The van der Waals surface area contributed by atoms with Gasteiger partial charge in [0.2, 0.25) is 0 Å². The molecule has 1 aromatic rings. The Morgan fingerprint density at radius 3 is 1.62 bits per heavy atom. The van der Waals surface area contributed by atoms with E-state index in [1.165, 1.54) is 0 Å². The molecule has 4 heteroatoms. The third kappa shape index (κ3) is 3.68. The number of ether oxygens (including phenoxy) is 2. The van der Waals surface area contributed by atoms with Gasteiger partial charge in [-0.1, -0.05) is 25.3 Å². The summed E-state index contributed by atoms with van der Waals surface area (Å²) >= 11 is 6.82. The van der Waals surface area contributed by atoms with Gasteiger partial charge < -0.3 is 9.47 Å². The second-order valence-electron chi connectivity index (χ2n) is 2.91. The van der Waals surface area contributed by atoms with Crippen LogP contribution in [0.25, 0.3) is 0 Å². The lowest BCUT2D eigenvalue weighted by Gasteiger charge is -2.12. The summed E-state index contributed by atoms with van der Waals surface area (Å²) in [6.07, 6.45) is 3.38. The Bertz CT molecular complexity index is 352. The summed E-state index contributed by atoms with van der Waals surface area (Å²) in [7, 11) is 0. The van der Waals surface area contributed by atoms with Crippen LogP contribution in [0.4, 0.5) is 0 Å². The van der Waals surface area contributed by atoms with Crippen molar-refractivity contribution in [1.29, 1.82) is 0 Å². The van der Waals surface area contributed by atoms with E-state index in [4.69, 9.17) is 9.47 Å². The molecule has 0 saturated carbocycles. The average Bonchev–Trinajstić information content (AvgIpc) is 2.28. The molecule has 0 unspecified atom stereocenters. The highest BCUT2D eigenvalue weighted by Crippen LogP contribution is 2.36. The van der Waals surface area contributed by atoms with Crippen molar-refractivity contribution in [1.82, 2.24) is 0 Å². The molecule has 0 saturated heterocycles. The van der Waals surface area contributed by atoms with Crippen LogP contribution in [0.2, 0.25) is 0 Å². The van der Waals surface area contributed by atoms with E-state index in [1.54, 1.807) is 12.2 Å². The molecule has 0 amide bonds. The third-order valence-corrected chi connectivity index (χ3v) is 3.54. The number of halogens is 2. The maximum absolute atomic E-state index is 5.49. The Morgan fingerprint density at radius 1 is 0.938 bits per heavy atom. The predicted octanol–water partition coefficient (Wildman–Crippen LogP) is 4.34. The Hall–Kier alpha value is -0.740. The minimum absolute atomic E-state index is 0.443. The molecule has 0 fully saturated rings. The normalized spacial score (nSPS) is 9.62. The maximum atomic E-state index is 5.49. The molecular weight excluding hydrogens is 336 g/mol. The summed E-state index contributed by atoms with van der Waals surface area (Å²) in [5, 5.41) is 0. The van der Waals surface area contributed by atoms with Crippen LogP contribution in [0.1, 0.15) is 0 Å². The first-order valence-corrected chi connectivity index (χ1v) is 6.24. The van der Waals surface area contributed by atoms with Gasteiger partial charge in [0, 0.05) is 8.95 Å². The summed E-state index contributed by atoms with van der Waals surface area (Å²) in [4.78, 5) is 0. The summed E-state index contributed by atoms with van der Waals surface area (Å²) in [6.45, 7) is 8.10. The minimum atomic E-state index is 0.443. The third-order valence-electron chi connectivity index (χ3n) is 1.70. The first-order valence-electron chi connectivity index (χ1n) is 4.65. The van der Waals surface area contributed by atoms with Gasteiger partial charge in [0.1, 0.15) is 13.2 Å². The van der Waals surface area contributed by atoms with E-state index in [1.807, 2.05) is 12.1 Å². The Balaban J connectivity index is 2.95. The van der Waals surface area contributed by atoms with Crippen LogP contribution < -0.4 is 9.47 Å². The van der Waals surface area contributed by atoms with Crippen LogP contribution in [0.5, 0.6) is 11.5 Å². The molecule has 86 valence electrons. The fourth-order valence-electron chi connectivity index (χ4n) is 1.03. The molecule has 16 heavy (non-hydrogen) atoms. The molecular formula is C12H12Br2O2. The lowest BCUT2D eigenvalue weighted by Crippen LogP contribution is -1.99.